The van der Waals surface area contributed by atoms with Crippen LogP contribution in [-0.4, -0.2) is 35.6 Å². The Kier molecular flexibility index (Phi) is 3.85. The number of H-pyrrole nitrogens is 1. The number of pyridine rings is 1. The number of aromatic amines is 1. The zero-order valence-corrected chi connectivity index (χ0v) is 14.0. The summed E-state index contributed by atoms with van der Waals surface area (Å²) >= 11 is 0. The number of benzene rings is 1. The number of nitrogens with zero attached hydrogens (tertiary/aromatic N) is 4. The smallest absolute Gasteiger partial charge is 0.354 e. The Hall–Kier alpha value is -3.68. The van der Waals surface area contributed by atoms with E-state index in [1.807, 2.05) is 43.3 Å². The summed E-state index contributed by atoms with van der Waals surface area (Å²) in [7, 11) is 0. The number of nitrogens with one attached hydrogen (secondary N) is 2. The average Bonchev–Trinajstić information content (AvgIpc) is 3.26. The van der Waals surface area contributed by atoms with Gasteiger partial charge in [-0.2, -0.15) is 5.10 Å². The van der Waals surface area contributed by atoms with Crippen molar-refractivity contribution in [2.75, 3.05) is 5.32 Å². The molecular weight excluding hydrogens is 332 g/mol. The first-order valence-corrected chi connectivity index (χ1v) is 8.03. The highest BCUT2D eigenvalue weighted by molar-refractivity contribution is 5.86. The first-order chi connectivity index (χ1) is 12.6. The van der Waals surface area contributed by atoms with Gasteiger partial charge in [0.2, 0.25) is 0 Å². The van der Waals surface area contributed by atoms with E-state index in [0.717, 1.165) is 22.6 Å². The molecule has 4 aromatic rings. The first-order valence-electron chi connectivity index (χ1n) is 8.03. The third kappa shape index (κ3) is 2.88. The highest BCUT2D eigenvalue weighted by Crippen LogP contribution is 2.20. The molecule has 4 rings (SSSR count). The van der Waals surface area contributed by atoms with Crippen LogP contribution in [0.2, 0.25) is 0 Å². The minimum Gasteiger partial charge on any atom is -0.477 e. The first kappa shape index (κ1) is 15.8. The van der Waals surface area contributed by atoms with Crippen molar-refractivity contribution in [3.8, 4) is 11.4 Å². The largest absolute Gasteiger partial charge is 0.477 e. The highest BCUT2D eigenvalue weighted by atomic mass is 16.4. The maximum atomic E-state index is 11.2. The van der Waals surface area contributed by atoms with E-state index in [1.54, 1.807) is 10.6 Å². The molecule has 130 valence electrons. The minimum atomic E-state index is -1.00. The third-order valence-electron chi connectivity index (χ3n) is 4.04. The number of fused-ring (bicyclic) bond motifs is 1. The molecule has 3 N–H and O–H groups in total. The van der Waals surface area contributed by atoms with E-state index < -0.39 is 5.97 Å². The van der Waals surface area contributed by atoms with Crippen LogP contribution in [0.5, 0.6) is 0 Å². The lowest BCUT2D eigenvalue weighted by molar-refractivity contribution is 0.0689. The molecule has 1 aromatic carbocycles. The molecule has 0 saturated carbocycles. The molecule has 0 saturated heterocycles. The summed E-state index contributed by atoms with van der Waals surface area (Å²) in [6.07, 6.45) is 3.06. The van der Waals surface area contributed by atoms with Crippen molar-refractivity contribution >= 4 is 17.3 Å². The Morgan fingerprint density at radius 3 is 2.96 bits per heavy atom. The van der Waals surface area contributed by atoms with Gasteiger partial charge in [0.15, 0.2) is 11.5 Å². The number of carboxylic acids is 1. The number of carbonyl (C=O) groups is 1. The number of hydrogen-bond acceptors (Lipinski definition) is 5. The fourth-order valence-corrected chi connectivity index (χ4v) is 2.80. The van der Waals surface area contributed by atoms with Crippen LogP contribution in [0, 0.1) is 6.92 Å². The zero-order valence-electron chi connectivity index (χ0n) is 14.0. The molecule has 0 unspecified atom stereocenters. The summed E-state index contributed by atoms with van der Waals surface area (Å²) in [6.45, 7) is 2.37. The molecule has 0 aliphatic rings. The second-order valence-electron chi connectivity index (χ2n) is 5.85. The molecule has 0 fully saturated rings. The molecule has 3 heterocycles. The lowest BCUT2D eigenvalue weighted by Gasteiger charge is -2.09. The Balaban J connectivity index is 1.58. The van der Waals surface area contributed by atoms with E-state index >= 15 is 0 Å². The van der Waals surface area contributed by atoms with Crippen molar-refractivity contribution in [3.63, 3.8) is 0 Å². The number of aryl methyl sites for hydroxylation is 1. The molecule has 0 aliphatic carbocycles. The molecule has 0 atom stereocenters. The predicted molar refractivity (Wildman–Crippen MR) is 96.0 cm³/mol. The van der Waals surface area contributed by atoms with E-state index in [1.165, 1.54) is 6.20 Å². The molecule has 8 nitrogen and oxygen atoms in total. The zero-order chi connectivity index (χ0) is 18.1. The quantitative estimate of drug-likeness (QED) is 0.512. The topological polar surface area (TPSA) is 108 Å². The number of hydrogen-bond donors (Lipinski definition) is 3. The summed E-state index contributed by atoms with van der Waals surface area (Å²) < 4.78 is 1.58. The van der Waals surface area contributed by atoms with Crippen molar-refractivity contribution in [1.82, 2.24) is 24.6 Å². The highest BCUT2D eigenvalue weighted by Gasteiger charge is 2.12. The van der Waals surface area contributed by atoms with Crippen molar-refractivity contribution in [1.29, 1.82) is 0 Å². The van der Waals surface area contributed by atoms with Crippen LogP contribution in [0.4, 0.5) is 5.69 Å². The lowest BCUT2D eigenvalue weighted by atomic mass is 10.2. The number of rotatable bonds is 5. The van der Waals surface area contributed by atoms with Gasteiger partial charge in [-0.15, -0.1) is 0 Å². The van der Waals surface area contributed by atoms with Crippen molar-refractivity contribution < 1.29 is 9.90 Å². The van der Waals surface area contributed by atoms with Gasteiger partial charge in [0.1, 0.15) is 11.5 Å². The molecule has 0 bridgehead atoms. The molecule has 0 spiro atoms. The maximum Gasteiger partial charge on any atom is 0.354 e. The molecule has 3 aromatic heterocycles. The van der Waals surface area contributed by atoms with Gasteiger partial charge >= 0.3 is 5.97 Å². The predicted octanol–water partition coefficient (Wildman–Crippen LogP) is 2.74. The van der Waals surface area contributed by atoms with Gasteiger partial charge in [-0.3, -0.25) is 9.50 Å². The van der Waals surface area contributed by atoms with Gasteiger partial charge in [0.05, 0.1) is 6.20 Å². The van der Waals surface area contributed by atoms with E-state index in [9.17, 15) is 9.90 Å². The van der Waals surface area contributed by atoms with Gasteiger partial charge in [-0.05, 0) is 25.1 Å². The second kappa shape index (κ2) is 6.32. The summed E-state index contributed by atoms with van der Waals surface area (Å²) in [5, 5.41) is 19.6. The standard InChI is InChI=1S/C18H16N6O2/c1-11-21-16(23-22-11)12-4-2-6-14(8-12)19-9-13-5-3-7-24-15(18(25)26)10-20-17(13)24/h2-8,10,19H,9H2,1H3,(H,25,26)(H,21,22,23). The van der Waals surface area contributed by atoms with E-state index in [-0.39, 0.29) is 5.69 Å². The second-order valence-corrected chi connectivity index (χ2v) is 5.85. The third-order valence-corrected chi connectivity index (χ3v) is 4.04. The number of carboxylic acid groups (broad SMARTS) is 1. The summed E-state index contributed by atoms with van der Waals surface area (Å²) in [5.74, 6) is 0.406. The van der Waals surface area contributed by atoms with Crippen molar-refractivity contribution in [3.05, 3.63) is 65.9 Å². The normalized spacial score (nSPS) is 11.0. The summed E-state index contributed by atoms with van der Waals surface area (Å²) in [5.41, 5.74) is 3.49. The number of aromatic carboxylic acids is 1. The summed E-state index contributed by atoms with van der Waals surface area (Å²) in [6, 6.07) is 11.5. The number of aromatic nitrogens is 5. The molecule has 8 heteroatoms. The van der Waals surface area contributed by atoms with Crippen molar-refractivity contribution in [2.45, 2.75) is 13.5 Å². The van der Waals surface area contributed by atoms with E-state index in [2.05, 4.69) is 25.5 Å². The van der Waals surface area contributed by atoms with Crippen LogP contribution in [0.15, 0.2) is 48.8 Å². The Labute approximate surface area is 148 Å². The Bertz CT molecular complexity index is 1100. The van der Waals surface area contributed by atoms with Gasteiger partial charge < -0.3 is 10.4 Å². The fourth-order valence-electron chi connectivity index (χ4n) is 2.80. The van der Waals surface area contributed by atoms with Crippen molar-refractivity contribution in [2.24, 2.45) is 0 Å². The van der Waals surface area contributed by atoms with Crippen LogP contribution in [-0.2, 0) is 6.54 Å². The van der Waals surface area contributed by atoms with Gasteiger partial charge in [0, 0.05) is 29.6 Å². The minimum absolute atomic E-state index is 0.142. The Morgan fingerprint density at radius 2 is 2.19 bits per heavy atom. The van der Waals surface area contributed by atoms with Gasteiger partial charge in [-0.1, -0.05) is 18.2 Å². The monoisotopic (exact) mass is 348 g/mol. The van der Waals surface area contributed by atoms with Gasteiger partial charge in [0.25, 0.3) is 0 Å². The van der Waals surface area contributed by atoms with E-state index in [4.69, 9.17) is 0 Å². The van der Waals surface area contributed by atoms with Crippen LogP contribution in [0.25, 0.3) is 17.0 Å². The van der Waals surface area contributed by atoms with Crippen LogP contribution in [0.3, 0.4) is 0 Å². The number of anilines is 1. The summed E-state index contributed by atoms with van der Waals surface area (Å²) in [4.78, 5) is 19.8. The Morgan fingerprint density at radius 1 is 1.31 bits per heavy atom. The molecule has 0 amide bonds. The van der Waals surface area contributed by atoms with Crippen LogP contribution >= 0.6 is 0 Å². The van der Waals surface area contributed by atoms with E-state index in [0.29, 0.717) is 18.0 Å². The molecule has 0 radical (unpaired) electrons. The molecule has 26 heavy (non-hydrogen) atoms. The van der Waals surface area contributed by atoms with Gasteiger partial charge in [-0.25, -0.2) is 14.8 Å². The molecule has 0 aliphatic heterocycles. The fraction of sp³-hybridized carbons (Fsp3) is 0.111. The van der Waals surface area contributed by atoms with Crippen LogP contribution in [0.1, 0.15) is 21.9 Å². The molecular formula is C18H16N6O2. The van der Waals surface area contributed by atoms with Crippen LogP contribution < -0.4 is 5.32 Å². The SMILES string of the molecule is Cc1nc(-c2cccc(NCc3cccn4c(C(=O)O)cnc34)c2)n[nH]1. The maximum absolute atomic E-state index is 11.2. The average molecular weight is 348 g/mol. The number of imidazole rings is 1. The lowest BCUT2D eigenvalue weighted by Crippen LogP contribution is -2.05.